The van der Waals surface area contributed by atoms with Gasteiger partial charge in [-0.1, -0.05) is 32.4 Å². The van der Waals surface area contributed by atoms with Gasteiger partial charge in [0.1, 0.15) is 11.9 Å². The van der Waals surface area contributed by atoms with E-state index in [9.17, 15) is 14.4 Å². The second kappa shape index (κ2) is 6.37. The number of primary amides is 1. The lowest BCUT2D eigenvalue weighted by molar-refractivity contribution is -0.119. The van der Waals surface area contributed by atoms with E-state index in [2.05, 4.69) is 26.8 Å². The van der Waals surface area contributed by atoms with Crippen LogP contribution in [0.3, 0.4) is 0 Å². The standard InChI is InChI=1S/C17H21ClFN3O/c1-17(2,3)8-15-10(9-20)6-14(16(21)23)22(15)13-5-4-11(18)7-12(13)19/h4-5,7,10,14-15H,6,8H2,1-3H3,(H2,21,23). The van der Waals surface area contributed by atoms with Gasteiger partial charge in [-0.2, -0.15) is 5.26 Å². The molecule has 1 aromatic carbocycles. The summed E-state index contributed by atoms with van der Waals surface area (Å²) in [4.78, 5) is 13.5. The molecule has 1 aromatic rings. The van der Waals surface area contributed by atoms with Gasteiger partial charge >= 0.3 is 0 Å². The average Bonchev–Trinajstić information content (AvgIpc) is 2.75. The molecule has 1 saturated heterocycles. The van der Waals surface area contributed by atoms with Gasteiger partial charge in [0.2, 0.25) is 5.91 Å². The van der Waals surface area contributed by atoms with Gasteiger partial charge in [-0.15, -0.1) is 0 Å². The molecule has 4 nitrogen and oxygen atoms in total. The summed E-state index contributed by atoms with van der Waals surface area (Å²) in [5, 5.41) is 9.75. The van der Waals surface area contributed by atoms with Crippen molar-refractivity contribution in [3.8, 4) is 6.07 Å². The monoisotopic (exact) mass is 337 g/mol. The number of carbonyl (C=O) groups is 1. The average molecular weight is 338 g/mol. The summed E-state index contributed by atoms with van der Waals surface area (Å²) in [6, 6.07) is 5.62. The van der Waals surface area contributed by atoms with Crippen LogP contribution in [0.4, 0.5) is 10.1 Å². The highest BCUT2D eigenvalue weighted by molar-refractivity contribution is 6.30. The Labute approximate surface area is 141 Å². The van der Waals surface area contributed by atoms with E-state index in [0.29, 0.717) is 12.8 Å². The molecule has 0 aliphatic carbocycles. The van der Waals surface area contributed by atoms with Crippen molar-refractivity contribution in [2.75, 3.05) is 4.90 Å². The van der Waals surface area contributed by atoms with Crippen LogP contribution in [0, 0.1) is 28.5 Å². The van der Waals surface area contributed by atoms with Gasteiger partial charge in [-0.3, -0.25) is 4.79 Å². The second-order valence-electron chi connectivity index (χ2n) is 7.22. The van der Waals surface area contributed by atoms with Crippen LogP contribution in [0.1, 0.15) is 33.6 Å². The molecule has 124 valence electrons. The molecule has 3 atom stereocenters. The number of hydrogen-bond acceptors (Lipinski definition) is 3. The van der Waals surface area contributed by atoms with Crippen molar-refractivity contribution >= 4 is 23.2 Å². The maximum absolute atomic E-state index is 14.4. The molecule has 0 aromatic heterocycles. The van der Waals surface area contributed by atoms with Crippen LogP contribution in [0.15, 0.2) is 18.2 Å². The number of anilines is 1. The van der Waals surface area contributed by atoms with Crippen molar-refractivity contribution in [2.24, 2.45) is 17.1 Å². The first-order valence-corrected chi connectivity index (χ1v) is 7.94. The third kappa shape index (κ3) is 3.76. The predicted molar refractivity (Wildman–Crippen MR) is 88.5 cm³/mol. The number of amides is 1. The number of carbonyl (C=O) groups excluding carboxylic acids is 1. The predicted octanol–water partition coefficient (Wildman–Crippen LogP) is 3.49. The Morgan fingerprint density at radius 1 is 1.52 bits per heavy atom. The Morgan fingerprint density at radius 2 is 2.17 bits per heavy atom. The zero-order valence-corrected chi connectivity index (χ0v) is 14.3. The maximum atomic E-state index is 14.4. The fourth-order valence-electron chi connectivity index (χ4n) is 3.23. The minimum atomic E-state index is -0.692. The van der Waals surface area contributed by atoms with E-state index in [1.165, 1.54) is 6.07 Å². The van der Waals surface area contributed by atoms with E-state index in [1.54, 1.807) is 17.0 Å². The molecule has 6 heteroatoms. The third-order valence-electron chi connectivity index (χ3n) is 4.14. The highest BCUT2D eigenvalue weighted by Gasteiger charge is 2.46. The van der Waals surface area contributed by atoms with Gasteiger partial charge in [0.15, 0.2) is 0 Å². The Hall–Kier alpha value is -1.80. The highest BCUT2D eigenvalue weighted by Crippen LogP contribution is 2.41. The molecule has 2 rings (SSSR count). The van der Waals surface area contributed by atoms with Gasteiger partial charge in [0.25, 0.3) is 0 Å². The van der Waals surface area contributed by atoms with Gasteiger partial charge in [-0.25, -0.2) is 4.39 Å². The van der Waals surface area contributed by atoms with E-state index in [0.717, 1.165) is 0 Å². The van der Waals surface area contributed by atoms with Crippen molar-refractivity contribution in [3.63, 3.8) is 0 Å². The van der Waals surface area contributed by atoms with Gasteiger partial charge in [0, 0.05) is 11.1 Å². The molecule has 23 heavy (non-hydrogen) atoms. The van der Waals surface area contributed by atoms with E-state index in [1.807, 2.05) is 0 Å². The first-order valence-electron chi connectivity index (χ1n) is 7.56. The van der Waals surface area contributed by atoms with Crippen molar-refractivity contribution in [1.29, 1.82) is 5.26 Å². The minimum absolute atomic E-state index is 0.0759. The number of halogens is 2. The Kier molecular flexibility index (Phi) is 4.86. The Morgan fingerprint density at radius 3 is 2.65 bits per heavy atom. The van der Waals surface area contributed by atoms with Crippen LogP contribution in [0.2, 0.25) is 5.02 Å². The normalized spacial score (nSPS) is 24.5. The largest absolute Gasteiger partial charge is 0.368 e. The first-order chi connectivity index (χ1) is 10.6. The molecule has 1 aliphatic heterocycles. The summed E-state index contributed by atoms with van der Waals surface area (Å²) >= 11 is 5.82. The number of rotatable bonds is 3. The van der Waals surface area contributed by atoms with E-state index in [-0.39, 0.29) is 28.1 Å². The summed E-state index contributed by atoms with van der Waals surface area (Å²) < 4.78 is 14.4. The van der Waals surface area contributed by atoms with E-state index >= 15 is 0 Å². The van der Waals surface area contributed by atoms with Crippen LogP contribution < -0.4 is 10.6 Å². The van der Waals surface area contributed by atoms with Crippen molar-refractivity contribution < 1.29 is 9.18 Å². The first kappa shape index (κ1) is 17.6. The van der Waals surface area contributed by atoms with Crippen LogP contribution in [-0.2, 0) is 4.79 Å². The molecule has 3 unspecified atom stereocenters. The zero-order valence-electron chi connectivity index (χ0n) is 13.5. The summed E-state index contributed by atoms with van der Waals surface area (Å²) in [5.41, 5.74) is 5.70. The molecule has 1 amide bonds. The second-order valence-corrected chi connectivity index (χ2v) is 7.66. The maximum Gasteiger partial charge on any atom is 0.240 e. The number of nitrogens with zero attached hydrogens (tertiary/aromatic N) is 2. The summed E-state index contributed by atoms with van der Waals surface area (Å²) in [6.07, 6.45) is 0.964. The minimum Gasteiger partial charge on any atom is -0.368 e. The third-order valence-corrected chi connectivity index (χ3v) is 4.37. The molecule has 0 bridgehead atoms. The van der Waals surface area contributed by atoms with Crippen LogP contribution in [0.25, 0.3) is 0 Å². The van der Waals surface area contributed by atoms with Crippen LogP contribution in [0.5, 0.6) is 0 Å². The molecule has 0 saturated carbocycles. The van der Waals surface area contributed by atoms with Gasteiger partial charge in [0.05, 0.1) is 17.7 Å². The molecule has 1 heterocycles. The molecule has 0 radical (unpaired) electrons. The number of hydrogen-bond donors (Lipinski definition) is 1. The zero-order chi connectivity index (χ0) is 17.4. The molecular weight excluding hydrogens is 317 g/mol. The molecule has 0 spiro atoms. The lowest BCUT2D eigenvalue weighted by Crippen LogP contribution is -2.46. The fourth-order valence-corrected chi connectivity index (χ4v) is 3.39. The molecule has 1 fully saturated rings. The summed E-state index contributed by atoms with van der Waals surface area (Å²) in [7, 11) is 0. The van der Waals surface area contributed by atoms with E-state index < -0.39 is 17.8 Å². The molecular formula is C17H21ClFN3O. The smallest absolute Gasteiger partial charge is 0.240 e. The lowest BCUT2D eigenvalue weighted by atomic mass is 9.83. The number of nitriles is 1. The SMILES string of the molecule is CC(C)(C)CC1C(C#N)CC(C(N)=O)N1c1ccc(Cl)cc1F. The Bertz CT molecular complexity index is 650. The van der Waals surface area contributed by atoms with Crippen molar-refractivity contribution in [3.05, 3.63) is 29.0 Å². The summed E-state index contributed by atoms with van der Waals surface area (Å²) in [6.45, 7) is 6.15. The van der Waals surface area contributed by atoms with Gasteiger partial charge in [-0.05, 0) is 36.5 Å². The lowest BCUT2D eigenvalue weighted by Gasteiger charge is -2.35. The topological polar surface area (TPSA) is 70.1 Å². The Balaban J connectivity index is 2.51. The van der Waals surface area contributed by atoms with E-state index in [4.69, 9.17) is 17.3 Å². The summed E-state index contributed by atoms with van der Waals surface area (Å²) in [5.74, 6) is -1.43. The number of nitrogens with two attached hydrogens (primary N) is 1. The molecule has 2 N–H and O–H groups in total. The van der Waals surface area contributed by atoms with Crippen molar-refractivity contribution in [2.45, 2.75) is 45.7 Å². The molecule has 1 aliphatic rings. The fraction of sp³-hybridized carbons (Fsp3) is 0.529. The van der Waals surface area contributed by atoms with Crippen LogP contribution >= 0.6 is 11.6 Å². The van der Waals surface area contributed by atoms with Crippen molar-refractivity contribution in [1.82, 2.24) is 0 Å². The van der Waals surface area contributed by atoms with Gasteiger partial charge < -0.3 is 10.6 Å². The highest BCUT2D eigenvalue weighted by atomic mass is 35.5. The quantitative estimate of drug-likeness (QED) is 0.917. The van der Waals surface area contributed by atoms with Crippen LogP contribution in [-0.4, -0.2) is 18.0 Å². The number of benzene rings is 1.